The second-order valence-electron chi connectivity index (χ2n) is 4.46. The molecule has 0 aromatic heterocycles. The average molecular weight is 239 g/mol. The Hall–Kier alpha value is -1.22. The standard InChI is InChI=1S/C12H15ClN2O/c1-8(2)6-15-7-11(16)14-12-9(13)4-3-5-10(12)15/h3-5,8H,6-7H2,1-2H3,(H,14,16). The Labute approximate surface area is 100 Å². The van der Waals surface area contributed by atoms with Gasteiger partial charge >= 0.3 is 0 Å². The zero-order chi connectivity index (χ0) is 11.7. The highest BCUT2D eigenvalue weighted by molar-refractivity contribution is 6.34. The number of amides is 1. The van der Waals surface area contributed by atoms with E-state index in [1.807, 2.05) is 12.1 Å². The van der Waals surface area contributed by atoms with E-state index in [1.165, 1.54) is 0 Å². The third-order valence-electron chi connectivity index (χ3n) is 2.52. The van der Waals surface area contributed by atoms with Gasteiger partial charge in [-0.2, -0.15) is 0 Å². The first kappa shape index (κ1) is 11.3. The van der Waals surface area contributed by atoms with Crippen LogP contribution in [0.3, 0.4) is 0 Å². The number of carbonyl (C=O) groups is 1. The lowest BCUT2D eigenvalue weighted by molar-refractivity contribution is -0.115. The van der Waals surface area contributed by atoms with Crippen molar-refractivity contribution in [2.45, 2.75) is 13.8 Å². The average Bonchev–Trinajstić information content (AvgIpc) is 2.18. The maximum atomic E-state index is 11.6. The number of hydrogen-bond acceptors (Lipinski definition) is 2. The molecule has 0 aliphatic carbocycles. The Morgan fingerprint density at radius 1 is 1.50 bits per heavy atom. The number of hydrogen-bond donors (Lipinski definition) is 1. The Bertz CT molecular complexity index is 417. The van der Waals surface area contributed by atoms with Gasteiger partial charge in [-0.15, -0.1) is 0 Å². The summed E-state index contributed by atoms with van der Waals surface area (Å²) < 4.78 is 0. The van der Waals surface area contributed by atoms with E-state index < -0.39 is 0 Å². The number of para-hydroxylation sites is 1. The summed E-state index contributed by atoms with van der Waals surface area (Å²) in [6, 6.07) is 5.69. The normalized spacial score (nSPS) is 15.0. The number of halogens is 1. The van der Waals surface area contributed by atoms with Crippen molar-refractivity contribution in [1.82, 2.24) is 0 Å². The topological polar surface area (TPSA) is 32.3 Å². The van der Waals surface area contributed by atoms with Gasteiger partial charge in [-0.1, -0.05) is 31.5 Å². The minimum absolute atomic E-state index is 0.00116. The number of nitrogens with zero attached hydrogens (tertiary/aromatic N) is 1. The van der Waals surface area contributed by atoms with Gasteiger partial charge in [0.05, 0.1) is 22.9 Å². The summed E-state index contributed by atoms with van der Waals surface area (Å²) in [6.07, 6.45) is 0. The molecule has 0 bridgehead atoms. The molecule has 0 fully saturated rings. The van der Waals surface area contributed by atoms with Crippen LogP contribution in [0.5, 0.6) is 0 Å². The van der Waals surface area contributed by atoms with E-state index in [9.17, 15) is 4.79 Å². The molecule has 1 aliphatic heterocycles. The van der Waals surface area contributed by atoms with Crippen LogP contribution in [0, 0.1) is 5.92 Å². The zero-order valence-electron chi connectivity index (χ0n) is 9.46. The van der Waals surface area contributed by atoms with Gasteiger partial charge < -0.3 is 10.2 Å². The Morgan fingerprint density at radius 2 is 2.25 bits per heavy atom. The summed E-state index contributed by atoms with van der Waals surface area (Å²) >= 11 is 6.07. The number of benzene rings is 1. The number of rotatable bonds is 2. The SMILES string of the molecule is CC(C)CN1CC(=O)Nc2c(Cl)cccc21. The van der Waals surface area contributed by atoms with Gasteiger partial charge in [0.15, 0.2) is 0 Å². The molecule has 1 aliphatic rings. The van der Waals surface area contributed by atoms with E-state index in [4.69, 9.17) is 11.6 Å². The molecule has 16 heavy (non-hydrogen) atoms. The maximum Gasteiger partial charge on any atom is 0.243 e. The summed E-state index contributed by atoms with van der Waals surface area (Å²) in [6.45, 7) is 5.54. The first-order chi connectivity index (χ1) is 7.58. The van der Waals surface area contributed by atoms with Crippen molar-refractivity contribution in [3.63, 3.8) is 0 Å². The van der Waals surface area contributed by atoms with Gasteiger partial charge in [0, 0.05) is 6.54 Å². The highest BCUT2D eigenvalue weighted by Gasteiger charge is 2.23. The highest BCUT2D eigenvalue weighted by Crippen LogP contribution is 2.35. The van der Waals surface area contributed by atoms with Crippen molar-refractivity contribution in [2.24, 2.45) is 5.92 Å². The van der Waals surface area contributed by atoms with Gasteiger partial charge in [-0.3, -0.25) is 4.79 Å². The van der Waals surface area contributed by atoms with Crippen LogP contribution in [-0.2, 0) is 4.79 Å². The maximum absolute atomic E-state index is 11.6. The van der Waals surface area contributed by atoms with Crippen LogP contribution in [0.2, 0.25) is 5.02 Å². The minimum Gasteiger partial charge on any atom is -0.360 e. The molecule has 1 N–H and O–H groups in total. The van der Waals surface area contributed by atoms with E-state index in [2.05, 4.69) is 24.1 Å². The molecule has 0 atom stereocenters. The quantitative estimate of drug-likeness (QED) is 0.859. The fourth-order valence-corrected chi connectivity index (χ4v) is 2.16. The van der Waals surface area contributed by atoms with Crippen molar-refractivity contribution in [2.75, 3.05) is 23.3 Å². The fraction of sp³-hybridized carbons (Fsp3) is 0.417. The van der Waals surface area contributed by atoms with Crippen LogP contribution in [0.1, 0.15) is 13.8 Å². The smallest absolute Gasteiger partial charge is 0.243 e. The van der Waals surface area contributed by atoms with Gasteiger partial charge in [0.25, 0.3) is 0 Å². The largest absolute Gasteiger partial charge is 0.360 e. The monoisotopic (exact) mass is 238 g/mol. The third kappa shape index (κ3) is 2.14. The highest BCUT2D eigenvalue weighted by atomic mass is 35.5. The summed E-state index contributed by atoms with van der Waals surface area (Å²) in [4.78, 5) is 13.6. The van der Waals surface area contributed by atoms with Crippen LogP contribution in [0.25, 0.3) is 0 Å². The second-order valence-corrected chi connectivity index (χ2v) is 4.86. The fourth-order valence-electron chi connectivity index (χ4n) is 1.94. The molecule has 1 aromatic rings. The van der Waals surface area contributed by atoms with E-state index in [0.29, 0.717) is 17.5 Å². The van der Waals surface area contributed by atoms with E-state index in [0.717, 1.165) is 17.9 Å². The molecule has 0 saturated carbocycles. The molecular formula is C12H15ClN2O. The molecular weight excluding hydrogens is 224 g/mol. The molecule has 0 radical (unpaired) electrons. The number of carbonyl (C=O) groups excluding carboxylic acids is 1. The van der Waals surface area contributed by atoms with E-state index in [1.54, 1.807) is 6.07 Å². The van der Waals surface area contributed by atoms with E-state index in [-0.39, 0.29) is 5.91 Å². The molecule has 0 spiro atoms. The Morgan fingerprint density at radius 3 is 2.94 bits per heavy atom. The van der Waals surface area contributed by atoms with E-state index >= 15 is 0 Å². The van der Waals surface area contributed by atoms with Crippen molar-refractivity contribution < 1.29 is 4.79 Å². The van der Waals surface area contributed by atoms with Crippen LogP contribution in [-0.4, -0.2) is 19.0 Å². The first-order valence-electron chi connectivity index (χ1n) is 5.41. The third-order valence-corrected chi connectivity index (χ3v) is 2.83. The van der Waals surface area contributed by atoms with Crippen LogP contribution in [0.4, 0.5) is 11.4 Å². The van der Waals surface area contributed by atoms with Gasteiger partial charge in [-0.25, -0.2) is 0 Å². The molecule has 4 heteroatoms. The summed E-state index contributed by atoms with van der Waals surface area (Å²) in [5.41, 5.74) is 1.75. The van der Waals surface area contributed by atoms with Crippen molar-refractivity contribution in [1.29, 1.82) is 0 Å². The lowest BCUT2D eigenvalue weighted by atomic mass is 10.1. The number of nitrogens with one attached hydrogen (secondary N) is 1. The molecule has 1 amide bonds. The Kier molecular flexibility index (Phi) is 3.06. The van der Waals surface area contributed by atoms with Crippen molar-refractivity contribution in [3.05, 3.63) is 23.2 Å². The predicted octanol–water partition coefficient (Wildman–Crippen LogP) is 2.75. The number of anilines is 2. The molecule has 0 unspecified atom stereocenters. The lowest BCUT2D eigenvalue weighted by Gasteiger charge is -2.32. The second kappa shape index (κ2) is 4.34. The summed E-state index contributed by atoms with van der Waals surface area (Å²) in [7, 11) is 0. The van der Waals surface area contributed by atoms with Crippen LogP contribution in [0.15, 0.2) is 18.2 Å². The molecule has 1 heterocycles. The lowest BCUT2D eigenvalue weighted by Crippen LogP contribution is -2.40. The molecule has 1 aromatic carbocycles. The molecule has 86 valence electrons. The van der Waals surface area contributed by atoms with Gasteiger partial charge in [0.2, 0.25) is 5.91 Å². The molecule has 2 rings (SSSR count). The molecule has 0 saturated heterocycles. The number of fused-ring (bicyclic) bond motifs is 1. The van der Waals surface area contributed by atoms with Gasteiger partial charge in [-0.05, 0) is 18.1 Å². The molecule has 3 nitrogen and oxygen atoms in total. The zero-order valence-corrected chi connectivity index (χ0v) is 10.2. The summed E-state index contributed by atoms with van der Waals surface area (Å²) in [5.74, 6) is 0.513. The predicted molar refractivity (Wildman–Crippen MR) is 67.1 cm³/mol. The van der Waals surface area contributed by atoms with Crippen LogP contribution < -0.4 is 10.2 Å². The summed E-state index contributed by atoms with van der Waals surface area (Å²) in [5, 5.41) is 3.42. The van der Waals surface area contributed by atoms with Crippen LogP contribution >= 0.6 is 11.6 Å². The first-order valence-corrected chi connectivity index (χ1v) is 5.79. The van der Waals surface area contributed by atoms with Crippen molar-refractivity contribution >= 4 is 28.9 Å². The van der Waals surface area contributed by atoms with Gasteiger partial charge in [0.1, 0.15) is 0 Å². The van der Waals surface area contributed by atoms with Crippen molar-refractivity contribution in [3.8, 4) is 0 Å². The minimum atomic E-state index is 0.00116. The Balaban J connectivity index is 2.38.